The normalized spacial score (nSPS) is 10.1. The molecule has 8 nitrogen and oxygen atoms in total. The average Bonchev–Trinajstić information content (AvgIpc) is 2.75. The van der Waals surface area contributed by atoms with Gasteiger partial charge in [0.1, 0.15) is 0 Å². The first-order valence-electron chi connectivity index (χ1n) is 8.97. The van der Waals surface area contributed by atoms with Crippen LogP contribution in [0.1, 0.15) is 22.8 Å². The second-order valence-electron chi connectivity index (χ2n) is 5.84. The van der Waals surface area contributed by atoms with Crippen LogP contribution in [-0.4, -0.2) is 46.4 Å². The number of hydrogen-bond donors (Lipinski definition) is 1. The molecule has 0 unspecified atom stereocenters. The quantitative estimate of drug-likeness (QED) is 0.610. The first-order valence-corrected chi connectivity index (χ1v) is 8.97. The van der Waals surface area contributed by atoms with Gasteiger partial charge in [0.2, 0.25) is 0 Å². The van der Waals surface area contributed by atoms with Crippen LogP contribution in [-0.2, 0) is 16.1 Å². The van der Waals surface area contributed by atoms with Gasteiger partial charge in [-0.15, -0.1) is 0 Å². The minimum absolute atomic E-state index is 0.258. The van der Waals surface area contributed by atoms with Gasteiger partial charge < -0.3 is 29.0 Å². The zero-order valence-corrected chi connectivity index (χ0v) is 16.9. The van der Waals surface area contributed by atoms with E-state index in [1.165, 1.54) is 20.3 Å². The number of carbonyl (C=O) groups is 2. The standard InChI is InChI=1S/C21H25NO7/c1-5-28-19-11-15(7-9-17(19)26-3)21(24)29-13-20(23)22-12-14-6-8-16(25-2)18(10-14)27-4/h6-11H,5,12-13H2,1-4H3,(H,22,23). The van der Waals surface area contributed by atoms with Crippen LogP contribution in [0.15, 0.2) is 36.4 Å². The minimum Gasteiger partial charge on any atom is -0.493 e. The molecule has 29 heavy (non-hydrogen) atoms. The number of benzene rings is 2. The Kier molecular flexibility index (Phi) is 8.14. The van der Waals surface area contributed by atoms with Crippen LogP contribution >= 0.6 is 0 Å². The maximum Gasteiger partial charge on any atom is 0.338 e. The Bertz CT molecular complexity index is 851. The first-order chi connectivity index (χ1) is 14.0. The van der Waals surface area contributed by atoms with Crippen molar-refractivity contribution in [2.75, 3.05) is 34.5 Å². The molecule has 0 aliphatic carbocycles. The topological polar surface area (TPSA) is 92.3 Å². The average molecular weight is 403 g/mol. The molecule has 0 aliphatic rings. The molecule has 1 N–H and O–H groups in total. The number of methoxy groups -OCH3 is 3. The summed E-state index contributed by atoms with van der Waals surface area (Å²) in [6.45, 7) is 2.11. The Morgan fingerprint density at radius 3 is 2.17 bits per heavy atom. The molecule has 0 aromatic heterocycles. The lowest BCUT2D eigenvalue weighted by atomic mass is 10.2. The lowest BCUT2D eigenvalue weighted by Crippen LogP contribution is -2.28. The van der Waals surface area contributed by atoms with E-state index in [2.05, 4.69) is 5.32 Å². The fourth-order valence-electron chi connectivity index (χ4n) is 2.53. The Hall–Kier alpha value is -3.42. The summed E-state index contributed by atoms with van der Waals surface area (Å²) in [7, 11) is 4.60. The molecule has 8 heteroatoms. The highest BCUT2D eigenvalue weighted by molar-refractivity contribution is 5.92. The molecule has 0 atom stereocenters. The Morgan fingerprint density at radius 2 is 1.52 bits per heavy atom. The SMILES string of the molecule is CCOc1cc(C(=O)OCC(=O)NCc2ccc(OC)c(OC)c2)ccc1OC. The molecule has 0 fully saturated rings. The maximum absolute atomic E-state index is 12.2. The Balaban J connectivity index is 1.89. The number of amides is 1. The summed E-state index contributed by atoms with van der Waals surface area (Å²) in [5.41, 5.74) is 1.08. The predicted molar refractivity (Wildman–Crippen MR) is 106 cm³/mol. The molecule has 0 radical (unpaired) electrons. The monoisotopic (exact) mass is 403 g/mol. The van der Waals surface area contributed by atoms with Crippen molar-refractivity contribution in [3.8, 4) is 23.0 Å². The van der Waals surface area contributed by atoms with Crippen molar-refractivity contribution in [1.82, 2.24) is 5.32 Å². The van der Waals surface area contributed by atoms with Crippen LogP contribution in [0.3, 0.4) is 0 Å². The number of carbonyl (C=O) groups excluding carboxylic acids is 2. The molecule has 2 rings (SSSR count). The molecule has 0 heterocycles. The third-order valence-corrected chi connectivity index (χ3v) is 3.97. The van der Waals surface area contributed by atoms with E-state index in [0.29, 0.717) is 29.6 Å². The number of ether oxygens (including phenoxy) is 5. The highest BCUT2D eigenvalue weighted by Crippen LogP contribution is 2.28. The minimum atomic E-state index is -0.630. The molecule has 0 saturated carbocycles. The van der Waals surface area contributed by atoms with E-state index in [0.717, 1.165) is 5.56 Å². The highest BCUT2D eigenvalue weighted by Gasteiger charge is 2.14. The molecular weight excluding hydrogens is 378 g/mol. The summed E-state index contributed by atoms with van der Waals surface area (Å²) in [6, 6.07) is 9.99. The van der Waals surface area contributed by atoms with Crippen LogP contribution < -0.4 is 24.3 Å². The summed E-state index contributed by atoms with van der Waals surface area (Å²) < 4.78 is 26.1. The summed E-state index contributed by atoms with van der Waals surface area (Å²) >= 11 is 0. The maximum atomic E-state index is 12.2. The molecule has 0 aliphatic heterocycles. The number of nitrogens with one attached hydrogen (secondary N) is 1. The van der Waals surface area contributed by atoms with Crippen molar-refractivity contribution in [3.05, 3.63) is 47.5 Å². The van der Waals surface area contributed by atoms with Crippen molar-refractivity contribution >= 4 is 11.9 Å². The van der Waals surface area contributed by atoms with E-state index >= 15 is 0 Å². The van der Waals surface area contributed by atoms with Crippen molar-refractivity contribution in [2.24, 2.45) is 0 Å². The summed E-state index contributed by atoms with van der Waals surface area (Å²) in [5.74, 6) is 1.05. The zero-order chi connectivity index (χ0) is 21.2. The van der Waals surface area contributed by atoms with Gasteiger partial charge in [-0.3, -0.25) is 4.79 Å². The van der Waals surface area contributed by atoms with Crippen molar-refractivity contribution in [1.29, 1.82) is 0 Å². The van der Waals surface area contributed by atoms with Crippen molar-refractivity contribution < 1.29 is 33.3 Å². The van der Waals surface area contributed by atoms with Gasteiger partial charge in [-0.1, -0.05) is 6.07 Å². The molecule has 0 spiro atoms. The molecule has 156 valence electrons. The molecule has 0 saturated heterocycles. The molecule has 1 amide bonds. The number of hydrogen-bond acceptors (Lipinski definition) is 7. The van der Waals surface area contributed by atoms with E-state index in [4.69, 9.17) is 23.7 Å². The fraction of sp³-hybridized carbons (Fsp3) is 0.333. The van der Waals surface area contributed by atoms with E-state index in [1.54, 1.807) is 37.4 Å². The predicted octanol–water partition coefficient (Wildman–Crippen LogP) is 2.58. The third-order valence-electron chi connectivity index (χ3n) is 3.97. The van der Waals surface area contributed by atoms with Gasteiger partial charge in [-0.2, -0.15) is 0 Å². The molecular formula is C21H25NO7. The smallest absolute Gasteiger partial charge is 0.338 e. The van der Waals surface area contributed by atoms with Crippen LogP contribution in [0.5, 0.6) is 23.0 Å². The summed E-state index contributed by atoms with van der Waals surface area (Å²) in [4.78, 5) is 24.2. The molecule has 0 bridgehead atoms. The zero-order valence-electron chi connectivity index (χ0n) is 16.9. The largest absolute Gasteiger partial charge is 0.493 e. The van der Waals surface area contributed by atoms with Gasteiger partial charge in [-0.25, -0.2) is 4.79 Å². The van der Waals surface area contributed by atoms with Crippen LogP contribution in [0.4, 0.5) is 0 Å². The third kappa shape index (κ3) is 6.03. The summed E-state index contributed by atoms with van der Waals surface area (Å²) in [5, 5.41) is 2.69. The second kappa shape index (κ2) is 10.8. The second-order valence-corrected chi connectivity index (χ2v) is 5.84. The van der Waals surface area contributed by atoms with Gasteiger partial charge in [0.25, 0.3) is 5.91 Å². The van der Waals surface area contributed by atoms with E-state index in [9.17, 15) is 9.59 Å². The van der Waals surface area contributed by atoms with E-state index in [-0.39, 0.29) is 12.1 Å². The number of rotatable bonds is 10. The highest BCUT2D eigenvalue weighted by atomic mass is 16.5. The molecule has 2 aromatic rings. The van der Waals surface area contributed by atoms with Crippen LogP contribution in [0.2, 0.25) is 0 Å². The lowest BCUT2D eigenvalue weighted by Gasteiger charge is -2.12. The van der Waals surface area contributed by atoms with Gasteiger partial charge in [0, 0.05) is 6.54 Å². The van der Waals surface area contributed by atoms with Crippen molar-refractivity contribution in [3.63, 3.8) is 0 Å². The van der Waals surface area contributed by atoms with Gasteiger partial charge in [-0.05, 0) is 42.8 Å². The van der Waals surface area contributed by atoms with Gasteiger partial charge in [0.05, 0.1) is 33.5 Å². The number of esters is 1. The fourth-order valence-corrected chi connectivity index (χ4v) is 2.53. The van der Waals surface area contributed by atoms with Gasteiger partial charge in [0.15, 0.2) is 29.6 Å². The van der Waals surface area contributed by atoms with Crippen LogP contribution in [0.25, 0.3) is 0 Å². The van der Waals surface area contributed by atoms with Gasteiger partial charge >= 0.3 is 5.97 Å². The van der Waals surface area contributed by atoms with E-state index < -0.39 is 18.5 Å². The van der Waals surface area contributed by atoms with Crippen molar-refractivity contribution in [2.45, 2.75) is 13.5 Å². The van der Waals surface area contributed by atoms with E-state index in [1.807, 2.05) is 6.92 Å². The van der Waals surface area contributed by atoms with Crippen LogP contribution in [0, 0.1) is 0 Å². The lowest BCUT2D eigenvalue weighted by molar-refractivity contribution is -0.124. The molecule has 2 aromatic carbocycles. The Labute approximate surface area is 169 Å². The Morgan fingerprint density at radius 1 is 0.862 bits per heavy atom. The first kappa shape index (κ1) is 21.9. The summed E-state index contributed by atoms with van der Waals surface area (Å²) in [6.07, 6.45) is 0.